The molecule has 2 aromatic rings. The number of rotatable bonds is 5. The van der Waals surface area contributed by atoms with E-state index in [1.807, 2.05) is 27.0 Å². The van der Waals surface area contributed by atoms with Crippen molar-refractivity contribution in [3.8, 4) is 5.75 Å². The summed E-state index contributed by atoms with van der Waals surface area (Å²) in [4.78, 5) is 0. The van der Waals surface area contributed by atoms with Gasteiger partial charge >= 0.3 is 0 Å². The quantitative estimate of drug-likeness (QED) is 0.901. The number of nitrogens with one attached hydrogen (secondary N) is 1. The first-order chi connectivity index (χ1) is 9.99. The fourth-order valence-corrected chi connectivity index (χ4v) is 2.26. The molecule has 0 aliphatic carbocycles. The van der Waals surface area contributed by atoms with E-state index in [1.165, 1.54) is 12.1 Å². The molecule has 112 valence electrons. The Morgan fingerprint density at radius 3 is 2.33 bits per heavy atom. The fourth-order valence-electron chi connectivity index (χ4n) is 2.26. The highest BCUT2D eigenvalue weighted by atomic mass is 19.1. The zero-order valence-electron chi connectivity index (χ0n) is 12.4. The van der Waals surface area contributed by atoms with E-state index in [1.54, 1.807) is 0 Å². The van der Waals surface area contributed by atoms with Crippen LogP contribution in [0.4, 0.5) is 8.78 Å². The second-order valence-electron chi connectivity index (χ2n) is 5.12. The first-order valence-corrected chi connectivity index (χ1v) is 6.83. The van der Waals surface area contributed by atoms with Gasteiger partial charge in [-0.15, -0.1) is 0 Å². The van der Waals surface area contributed by atoms with E-state index in [4.69, 9.17) is 4.74 Å². The molecule has 0 saturated heterocycles. The van der Waals surface area contributed by atoms with Crippen molar-refractivity contribution in [2.24, 2.45) is 0 Å². The molecule has 0 aliphatic heterocycles. The Hall–Kier alpha value is -1.94. The molecule has 2 nitrogen and oxygen atoms in total. The molecule has 0 aliphatic rings. The molecule has 0 aromatic heterocycles. The van der Waals surface area contributed by atoms with Gasteiger partial charge in [-0.05, 0) is 32.0 Å². The lowest BCUT2D eigenvalue weighted by Crippen LogP contribution is -2.24. The summed E-state index contributed by atoms with van der Waals surface area (Å²) in [6, 6.07) is 9.33. The van der Waals surface area contributed by atoms with Crippen molar-refractivity contribution in [3.63, 3.8) is 0 Å². The Kier molecular flexibility index (Phi) is 4.91. The Bertz CT molecular complexity index is 608. The standard InChI is InChI=1S/C17H19F2NO/c1-11-4-5-12(2)16(6-11)17(20-3)10-21-15-8-13(18)7-14(19)9-15/h4-9,17,20H,10H2,1-3H3. The summed E-state index contributed by atoms with van der Waals surface area (Å²) in [5.41, 5.74) is 3.43. The molecule has 0 bridgehead atoms. The van der Waals surface area contributed by atoms with Crippen LogP contribution < -0.4 is 10.1 Å². The Balaban J connectivity index is 2.14. The number of halogens is 2. The van der Waals surface area contributed by atoms with Gasteiger partial charge in [-0.1, -0.05) is 23.8 Å². The van der Waals surface area contributed by atoms with Gasteiger partial charge in [-0.2, -0.15) is 0 Å². The fraction of sp³-hybridized carbons (Fsp3) is 0.294. The van der Waals surface area contributed by atoms with E-state index in [0.717, 1.165) is 22.8 Å². The highest BCUT2D eigenvalue weighted by molar-refractivity contribution is 5.33. The summed E-state index contributed by atoms with van der Waals surface area (Å²) >= 11 is 0. The van der Waals surface area contributed by atoms with Crippen LogP contribution in [0.3, 0.4) is 0 Å². The van der Waals surface area contributed by atoms with E-state index in [0.29, 0.717) is 6.61 Å². The molecular weight excluding hydrogens is 272 g/mol. The Labute approximate surface area is 123 Å². The molecule has 1 atom stereocenters. The molecule has 0 heterocycles. The third-order valence-electron chi connectivity index (χ3n) is 3.41. The Morgan fingerprint density at radius 2 is 1.71 bits per heavy atom. The summed E-state index contributed by atoms with van der Waals surface area (Å²) in [6.07, 6.45) is 0. The van der Waals surface area contributed by atoms with Gasteiger partial charge in [0, 0.05) is 18.2 Å². The van der Waals surface area contributed by atoms with E-state index in [2.05, 4.69) is 17.4 Å². The molecule has 2 rings (SSSR count). The SMILES string of the molecule is CNC(COc1cc(F)cc(F)c1)c1cc(C)ccc1C. The monoisotopic (exact) mass is 291 g/mol. The molecule has 1 N–H and O–H groups in total. The van der Waals surface area contributed by atoms with Crippen LogP contribution in [0.15, 0.2) is 36.4 Å². The molecule has 1 unspecified atom stereocenters. The van der Waals surface area contributed by atoms with Crippen LogP contribution in [0.25, 0.3) is 0 Å². The average Bonchev–Trinajstić information content (AvgIpc) is 2.42. The minimum absolute atomic E-state index is 0.0452. The van der Waals surface area contributed by atoms with Crippen molar-refractivity contribution < 1.29 is 13.5 Å². The van der Waals surface area contributed by atoms with Gasteiger partial charge in [0.2, 0.25) is 0 Å². The number of aryl methyl sites for hydroxylation is 2. The van der Waals surface area contributed by atoms with Crippen molar-refractivity contribution in [1.82, 2.24) is 5.32 Å². The maximum atomic E-state index is 13.1. The molecular formula is C17H19F2NO. The number of ether oxygens (including phenoxy) is 1. The largest absolute Gasteiger partial charge is 0.491 e. The summed E-state index contributed by atoms with van der Waals surface area (Å²) in [7, 11) is 1.84. The van der Waals surface area contributed by atoms with E-state index in [-0.39, 0.29) is 11.8 Å². The van der Waals surface area contributed by atoms with Gasteiger partial charge in [0.25, 0.3) is 0 Å². The lowest BCUT2D eigenvalue weighted by molar-refractivity contribution is 0.270. The minimum Gasteiger partial charge on any atom is -0.491 e. The lowest BCUT2D eigenvalue weighted by atomic mass is 9.99. The maximum Gasteiger partial charge on any atom is 0.129 e. The predicted octanol–water partition coefficient (Wildman–Crippen LogP) is 3.92. The highest BCUT2D eigenvalue weighted by Crippen LogP contribution is 2.22. The molecule has 21 heavy (non-hydrogen) atoms. The molecule has 0 fully saturated rings. The van der Waals surface area contributed by atoms with Crippen LogP contribution in [0, 0.1) is 25.5 Å². The topological polar surface area (TPSA) is 21.3 Å². The maximum absolute atomic E-state index is 13.1. The first kappa shape index (κ1) is 15.4. The van der Waals surface area contributed by atoms with Crippen molar-refractivity contribution >= 4 is 0 Å². The van der Waals surface area contributed by atoms with Gasteiger partial charge in [-0.25, -0.2) is 8.78 Å². The van der Waals surface area contributed by atoms with Crippen molar-refractivity contribution in [1.29, 1.82) is 0 Å². The highest BCUT2D eigenvalue weighted by Gasteiger charge is 2.13. The zero-order valence-corrected chi connectivity index (χ0v) is 12.4. The number of hydrogen-bond acceptors (Lipinski definition) is 2. The number of benzene rings is 2. The number of likely N-dealkylation sites (N-methyl/N-ethyl adjacent to an activating group) is 1. The van der Waals surface area contributed by atoms with Crippen molar-refractivity contribution in [2.45, 2.75) is 19.9 Å². The van der Waals surface area contributed by atoms with E-state index in [9.17, 15) is 8.78 Å². The zero-order chi connectivity index (χ0) is 15.4. The molecule has 0 saturated carbocycles. The van der Waals surface area contributed by atoms with Gasteiger partial charge in [0.05, 0.1) is 6.04 Å². The normalized spacial score (nSPS) is 12.2. The molecule has 0 amide bonds. The summed E-state index contributed by atoms with van der Waals surface area (Å²) < 4.78 is 31.8. The second-order valence-corrected chi connectivity index (χ2v) is 5.12. The van der Waals surface area contributed by atoms with Crippen LogP contribution in [-0.2, 0) is 0 Å². The minimum atomic E-state index is -0.641. The van der Waals surface area contributed by atoms with E-state index < -0.39 is 11.6 Å². The van der Waals surface area contributed by atoms with Gasteiger partial charge in [0.1, 0.15) is 24.0 Å². The van der Waals surface area contributed by atoms with Crippen LogP contribution in [-0.4, -0.2) is 13.7 Å². The van der Waals surface area contributed by atoms with Gasteiger partial charge < -0.3 is 10.1 Å². The lowest BCUT2D eigenvalue weighted by Gasteiger charge is -2.20. The van der Waals surface area contributed by atoms with Gasteiger partial charge in [-0.3, -0.25) is 0 Å². The van der Waals surface area contributed by atoms with Crippen LogP contribution in [0.2, 0.25) is 0 Å². The predicted molar refractivity (Wildman–Crippen MR) is 79.6 cm³/mol. The molecule has 2 aromatic carbocycles. The average molecular weight is 291 g/mol. The molecule has 0 spiro atoms. The summed E-state index contributed by atoms with van der Waals surface area (Å²) in [5.74, 6) is -1.09. The second kappa shape index (κ2) is 6.68. The summed E-state index contributed by atoms with van der Waals surface area (Å²) in [6.45, 7) is 4.35. The first-order valence-electron chi connectivity index (χ1n) is 6.83. The van der Waals surface area contributed by atoms with E-state index >= 15 is 0 Å². The van der Waals surface area contributed by atoms with Crippen LogP contribution >= 0.6 is 0 Å². The van der Waals surface area contributed by atoms with Crippen molar-refractivity contribution in [3.05, 3.63) is 64.7 Å². The van der Waals surface area contributed by atoms with Crippen LogP contribution in [0.5, 0.6) is 5.75 Å². The van der Waals surface area contributed by atoms with Gasteiger partial charge in [0.15, 0.2) is 0 Å². The van der Waals surface area contributed by atoms with Crippen LogP contribution in [0.1, 0.15) is 22.7 Å². The smallest absolute Gasteiger partial charge is 0.129 e. The Morgan fingerprint density at radius 1 is 1.05 bits per heavy atom. The third-order valence-corrected chi connectivity index (χ3v) is 3.41. The van der Waals surface area contributed by atoms with Crippen molar-refractivity contribution in [2.75, 3.05) is 13.7 Å². The molecule has 4 heteroatoms. The summed E-state index contributed by atoms with van der Waals surface area (Å²) in [5, 5.41) is 3.17. The molecule has 0 radical (unpaired) electrons. The third kappa shape index (κ3) is 4.02. The number of hydrogen-bond donors (Lipinski definition) is 1.